The van der Waals surface area contributed by atoms with Crippen LogP contribution in [0.15, 0.2) is 18.2 Å². The molecular weight excluding hydrogens is 344 g/mol. The first-order valence-corrected chi connectivity index (χ1v) is 9.56. The van der Waals surface area contributed by atoms with Crippen molar-refractivity contribution in [3.8, 4) is 11.5 Å². The number of hydrogen-bond acceptors (Lipinski definition) is 5. The van der Waals surface area contributed by atoms with E-state index in [0.717, 1.165) is 6.42 Å². The highest BCUT2D eigenvalue weighted by molar-refractivity contribution is 6.11. The zero-order chi connectivity index (χ0) is 20.6. The van der Waals surface area contributed by atoms with E-state index in [4.69, 9.17) is 14.2 Å². The molecule has 0 N–H and O–H groups in total. The molecule has 0 fully saturated rings. The average molecular weight is 379 g/mol. The molecule has 2 atom stereocenters. The number of hydrogen-bond donors (Lipinski definition) is 0. The van der Waals surface area contributed by atoms with Gasteiger partial charge in [-0.15, -0.1) is 0 Å². The Labute approximate surface area is 163 Å². The Hall–Kier alpha value is -2.04. The minimum Gasteiger partial charge on any atom is -0.496 e. The summed E-state index contributed by atoms with van der Waals surface area (Å²) in [7, 11) is 3.00. The summed E-state index contributed by atoms with van der Waals surface area (Å²) in [4.78, 5) is 26.0. The van der Waals surface area contributed by atoms with Crippen LogP contribution in [0, 0.1) is 17.3 Å². The van der Waals surface area contributed by atoms with Crippen LogP contribution in [-0.2, 0) is 9.53 Å². The van der Waals surface area contributed by atoms with Crippen LogP contribution >= 0.6 is 0 Å². The molecule has 0 aliphatic carbocycles. The van der Waals surface area contributed by atoms with E-state index in [-0.39, 0.29) is 17.1 Å². The van der Waals surface area contributed by atoms with Crippen LogP contribution < -0.4 is 9.47 Å². The molecule has 0 aliphatic heterocycles. The zero-order valence-corrected chi connectivity index (χ0v) is 17.8. The van der Waals surface area contributed by atoms with Crippen molar-refractivity contribution in [2.75, 3.05) is 20.8 Å². The van der Waals surface area contributed by atoms with Crippen molar-refractivity contribution in [1.82, 2.24) is 0 Å². The van der Waals surface area contributed by atoms with Gasteiger partial charge in [0.15, 0.2) is 5.78 Å². The predicted octanol–water partition coefficient (Wildman–Crippen LogP) is 4.92. The predicted molar refractivity (Wildman–Crippen MR) is 106 cm³/mol. The molecule has 5 nitrogen and oxygen atoms in total. The van der Waals surface area contributed by atoms with E-state index in [1.165, 1.54) is 14.2 Å². The third kappa shape index (κ3) is 6.89. The molecule has 27 heavy (non-hydrogen) atoms. The molecule has 0 saturated carbocycles. The molecule has 0 aliphatic rings. The van der Waals surface area contributed by atoms with Gasteiger partial charge in [0.25, 0.3) is 0 Å². The second-order valence-electron chi connectivity index (χ2n) is 8.23. The molecule has 1 aromatic rings. The molecule has 1 aromatic carbocycles. The summed E-state index contributed by atoms with van der Waals surface area (Å²) in [5.74, 6) is -0.679. The van der Waals surface area contributed by atoms with Crippen molar-refractivity contribution < 1.29 is 23.8 Å². The van der Waals surface area contributed by atoms with Gasteiger partial charge in [-0.25, -0.2) is 0 Å². The summed E-state index contributed by atoms with van der Waals surface area (Å²) in [6.45, 7) is 10.8. The number of benzene rings is 1. The van der Waals surface area contributed by atoms with Crippen molar-refractivity contribution in [2.24, 2.45) is 17.3 Å². The molecule has 2 unspecified atom stereocenters. The highest BCUT2D eigenvalue weighted by Crippen LogP contribution is 2.34. The Bertz CT molecular complexity index is 608. The largest absolute Gasteiger partial charge is 0.496 e. The van der Waals surface area contributed by atoms with Gasteiger partial charge in [0.2, 0.25) is 0 Å². The number of Topliss-reactive ketones (excluding diaryl/α,β-unsaturated/α-hetero) is 1. The molecule has 0 amide bonds. The van der Waals surface area contributed by atoms with E-state index in [0.29, 0.717) is 36.5 Å². The second kappa shape index (κ2) is 10.3. The maximum atomic E-state index is 13.3. The maximum absolute atomic E-state index is 13.3. The van der Waals surface area contributed by atoms with Crippen LogP contribution in [0.3, 0.4) is 0 Å². The summed E-state index contributed by atoms with van der Waals surface area (Å²) in [5.41, 5.74) is 0.409. The van der Waals surface area contributed by atoms with E-state index in [9.17, 15) is 9.59 Å². The summed E-state index contributed by atoms with van der Waals surface area (Å²) in [6.07, 6.45) is 2.04. The first kappa shape index (κ1) is 23.0. The van der Waals surface area contributed by atoms with Gasteiger partial charge in [0.05, 0.1) is 20.8 Å². The Kier molecular flexibility index (Phi) is 8.80. The Morgan fingerprint density at radius 1 is 1.07 bits per heavy atom. The normalized spacial score (nSPS) is 13.6. The second-order valence-corrected chi connectivity index (χ2v) is 8.23. The van der Waals surface area contributed by atoms with Crippen molar-refractivity contribution in [1.29, 1.82) is 0 Å². The first-order valence-electron chi connectivity index (χ1n) is 9.56. The zero-order valence-electron chi connectivity index (χ0n) is 17.8. The molecule has 0 heterocycles. The fourth-order valence-electron chi connectivity index (χ4n) is 3.41. The van der Waals surface area contributed by atoms with E-state index in [2.05, 4.69) is 27.7 Å². The topological polar surface area (TPSA) is 61.8 Å². The lowest BCUT2D eigenvalue weighted by atomic mass is 9.80. The van der Waals surface area contributed by atoms with Gasteiger partial charge < -0.3 is 14.2 Å². The van der Waals surface area contributed by atoms with Crippen LogP contribution in [-0.4, -0.2) is 32.6 Å². The first-order chi connectivity index (χ1) is 12.6. The molecule has 5 heteroatoms. The van der Waals surface area contributed by atoms with Crippen molar-refractivity contribution in [3.05, 3.63) is 23.8 Å². The van der Waals surface area contributed by atoms with Gasteiger partial charge in [0.1, 0.15) is 23.0 Å². The molecule has 0 bridgehead atoms. The van der Waals surface area contributed by atoms with Crippen LogP contribution in [0.2, 0.25) is 0 Å². The lowest BCUT2D eigenvalue weighted by molar-refractivity contribution is -0.147. The smallest absolute Gasteiger partial charge is 0.316 e. The molecule has 0 spiro atoms. The number of carbonyl (C=O) groups excluding carboxylic acids is 2. The van der Waals surface area contributed by atoms with Gasteiger partial charge in [-0.05, 0) is 42.7 Å². The third-order valence-electron chi connectivity index (χ3n) is 4.32. The van der Waals surface area contributed by atoms with Crippen molar-refractivity contribution >= 4 is 11.8 Å². The maximum Gasteiger partial charge on any atom is 0.316 e. The van der Waals surface area contributed by atoms with Gasteiger partial charge in [-0.2, -0.15) is 0 Å². The summed E-state index contributed by atoms with van der Waals surface area (Å²) in [6, 6.07) is 5.15. The molecule has 0 saturated heterocycles. The summed E-state index contributed by atoms with van der Waals surface area (Å²) >= 11 is 0. The number of carbonyl (C=O) groups is 2. The fraction of sp³-hybridized carbons (Fsp3) is 0.636. The minimum absolute atomic E-state index is 0.114. The Morgan fingerprint density at radius 3 is 2.07 bits per heavy atom. The van der Waals surface area contributed by atoms with E-state index >= 15 is 0 Å². The Morgan fingerprint density at radius 2 is 1.63 bits per heavy atom. The summed E-state index contributed by atoms with van der Waals surface area (Å²) < 4.78 is 16.0. The number of ether oxygens (including phenoxy) is 3. The Balaban J connectivity index is 3.22. The number of esters is 1. The number of rotatable bonds is 10. The monoisotopic (exact) mass is 378 g/mol. The lowest BCUT2D eigenvalue weighted by Crippen LogP contribution is -2.30. The number of ketones is 1. The summed E-state index contributed by atoms with van der Waals surface area (Å²) in [5, 5.41) is 0. The third-order valence-corrected chi connectivity index (χ3v) is 4.32. The van der Waals surface area contributed by atoms with Crippen molar-refractivity contribution in [2.45, 2.75) is 53.9 Å². The standard InChI is InChI=1S/C22H34O5/c1-8-12-27-21(24)16(13-15(2)14-22(3,4)5)20(23)19-17(25-6)10-9-11-18(19)26-7/h9-11,15-16H,8,12-14H2,1-7H3. The molecule has 0 radical (unpaired) electrons. The van der Waals surface area contributed by atoms with E-state index in [1.807, 2.05) is 6.92 Å². The molecular formula is C22H34O5. The van der Waals surface area contributed by atoms with Gasteiger partial charge in [0, 0.05) is 0 Å². The SMILES string of the molecule is CCCOC(=O)C(CC(C)CC(C)(C)C)C(=O)c1c(OC)cccc1OC. The minimum atomic E-state index is -0.876. The molecule has 1 rings (SSSR count). The van der Waals surface area contributed by atoms with E-state index < -0.39 is 11.9 Å². The average Bonchev–Trinajstić information content (AvgIpc) is 2.61. The van der Waals surface area contributed by atoms with Crippen LogP contribution in [0.5, 0.6) is 11.5 Å². The highest BCUT2D eigenvalue weighted by Gasteiger charge is 2.34. The quantitative estimate of drug-likeness (QED) is 0.329. The fourth-order valence-corrected chi connectivity index (χ4v) is 3.41. The van der Waals surface area contributed by atoms with Crippen LogP contribution in [0.25, 0.3) is 0 Å². The van der Waals surface area contributed by atoms with E-state index in [1.54, 1.807) is 18.2 Å². The van der Waals surface area contributed by atoms with Crippen LogP contribution in [0.4, 0.5) is 0 Å². The van der Waals surface area contributed by atoms with Gasteiger partial charge in [-0.1, -0.05) is 40.7 Å². The molecule has 0 aromatic heterocycles. The molecule has 152 valence electrons. The van der Waals surface area contributed by atoms with Crippen molar-refractivity contribution in [3.63, 3.8) is 0 Å². The van der Waals surface area contributed by atoms with Gasteiger partial charge >= 0.3 is 5.97 Å². The number of methoxy groups -OCH3 is 2. The van der Waals surface area contributed by atoms with Crippen LogP contribution in [0.1, 0.15) is 64.2 Å². The lowest BCUT2D eigenvalue weighted by Gasteiger charge is -2.26. The highest BCUT2D eigenvalue weighted by atomic mass is 16.5. The van der Waals surface area contributed by atoms with Gasteiger partial charge in [-0.3, -0.25) is 9.59 Å².